The molecule has 4 heterocycles. The number of nitrogens with one attached hydrogen (secondary N) is 1. The molecule has 0 spiro atoms. The number of rotatable bonds is 19. The largest absolute Gasteiger partial charge is 1.00 e. The first-order valence-corrected chi connectivity index (χ1v) is 24.3. The van der Waals surface area contributed by atoms with Gasteiger partial charge in [-0.25, -0.2) is 4.98 Å². The first kappa shape index (κ1) is 56.0. The van der Waals surface area contributed by atoms with Gasteiger partial charge in [-0.05, 0) is 20.2 Å². The first-order valence-electron chi connectivity index (χ1n) is 16.8. The third-order valence-electron chi connectivity index (χ3n) is 6.96. The van der Waals surface area contributed by atoms with E-state index in [9.17, 15) is 0 Å². The maximum Gasteiger partial charge on any atom is 1.00 e. The van der Waals surface area contributed by atoms with Crippen LogP contribution < -0.4 is 3.84 Å². The van der Waals surface area contributed by atoms with Gasteiger partial charge in [0.15, 0.2) is 0 Å². The number of carbonyl (C=O) groups excluding carboxylic acids is 1. The molecule has 4 rings (SSSR count). The standard InChI is InChI=1S/C6H10N2O.2C6H9N2O.3C4H9.C3H3N2.CHO.Sn.3W/c3*1-2-9-6-8-4-3-7-5-8;3*1-3-4-2;1-2-5-3-4-1;1-2;;;;/h3-5H,2,6H2,1H3;2*3-4H,2,6H2,1H3;3*1,3-4H2,2H3;1-2H,(H,4,5);1H;;;;/q;;-1;;;;2*-1;;;;/p+1. The zero-order valence-electron chi connectivity index (χ0n) is 31.9. The molecule has 0 fully saturated rings. The van der Waals surface area contributed by atoms with Crippen molar-refractivity contribution in [3.8, 4) is 0 Å². The molecule has 4 aromatic heterocycles. The van der Waals surface area contributed by atoms with Gasteiger partial charge in [-0.1, -0.05) is 0 Å². The molecule has 4 aromatic rings. The Kier molecular flexibility index (Phi) is 45.9. The van der Waals surface area contributed by atoms with Crippen LogP contribution in [0.1, 0.15) is 81.5 Å². The number of aromatic nitrogens is 8. The van der Waals surface area contributed by atoms with E-state index in [4.69, 9.17) is 24.0 Å². The predicted molar refractivity (Wildman–Crippen MR) is 190 cm³/mol. The van der Waals surface area contributed by atoms with Gasteiger partial charge in [0.1, 0.15) is 13.5 Å². The number of ether oxygens (including phenoxy) is 3. The number of hydrogen-bond donors (Lipinski definition) is 1. The average Bonchev–Trinajstić information content (AvgIpc) is 3.96. The maximum absolute atomic E-state index is 7.75. The summed E-state index contributed by atoms with van der Waals surface area (Å²) in [7, 11) is 0. The van der Waals surface area contributed by atoms with Crippen LogP contribution in [-0.4, -0.2) is 83.6 Å². The van der Waals surface area contributed by atoms with Crippen molar-refractivity contribution in [1.82, 2.24) is 38.6 Å². The molecule has 0 aliphatic rings. The maximum atomic E-state index is 7.75. The van der Waals surface area contributed by atoms with Gasteiger partial charge >= 0.3 is 143 Å². The van der Waals surface area contributed by atoms with Crippen LogP contribution in [0.25, 0.3) is 0 Å². The second-order valence-corrected chi connectivity index (χ2v) is 23.3. The Hall–Kier alpha value is -0.746. The number of aromatic amines is 1. The molecule has 0 amide bonds. The Bertz CT molecular complexity index is 1070. The molecule has 12 nitrogen and oxygen atoms in total. The number of hydrogen-bond acceptors (Lipinski definition) is 8. The minimum Gasteiger partial charge on any atom is -0.545 e. The molecule has 284 valence electrons. The van der Waals surface area contributed by atoms with E-state index in [-0.39, 0.29) is 64.6 Å². The molecule has 0 aliphatic heterocycles. The second-order valence-electron chi connectivity index (χ2n) is 10.5. The van der Waals surface area contributed by atoms with Crippen LogP contribution in [0.5, 0.6) is 0 Å². The van der Waals surface area contributed by atoms with Gasteiger partial charge in [0.25, 0.3) is 0 Å². The molecule has 50 heavy (non-hydrogen) atoms. The Morgan fingerprint density at radius 1 is 0.740 bits per heavy atom. The van der Waals surface area contributed by atoms with Crippen molar-refractivity contribution in [2.45, 2.75) is 114 Å². The van der Waals surface area contributed by atoms with Crippen LogP contribution in [0, 0.1) is 12.7 Å². The van der Waals surface area contributed by atoms with Crippen molar-refractivity contribution < 1.29 is 83.6 Å². The van der Waals surface area contributed by atoms with Crippen LogP contribution in [0.3, 0.4) is 0 Å². The Morgan fingerprint density at radius 3 is 1.74 bits per heavy atom. The Labute approximate surface area is 350 Å². The summed E-state index contributed by atoms with van der Waals surface area (Å²) in [6, 6.07) is 0. The van der Waals surface area contributed by atoms with E-state index in [0.29, 0.717) is 20.2 Å². The van der Waals surface area contributed by atoms with Gasteiger partial charge < -0.3 is 38.4 Å². The van der Waals surface area contributed by atoms with E-state index in [1.807, 2.05) is 37.0 Å². The number of imidazole rings is 4. The summed E-state index contributed by atoms with van der Waals surface area (Å²) in [4.78, 5) is 26.4. The molecule has 0 atom stereocenters. The van der Waals surface area contributed by atoms with E-state index in [1.54, 1.807) is 35.7 Å². The van der Waals surface area contributed by atoms with Gasteiger partial charge in [0.2, 0.25) is 0 Å². The van der Waals surface area contributed by atoms with E-state index < -0.39 is 18.4 Å². The number of unbranched alkanes of at least 4 members (excludes halogenated alkanes) is 3. The minimum atomic E-state index is -2.40. The van der Waals surface area contributed by atoms with Crippen LogP contribution in [0.2, 0.25) is 13.3 Å². The SMILES string of the molecule is CCC[CH2][Sn]([CH2]CCC)([CH2]CCC)[c]1nccn1COCC.CCOCn1[c-]ncc1.CCOCn1ccnc1.[CH-]=O.[H+].[W].[W].[W].[c-]1ncc[nH]1. The van der Waals surface area contributed by atoms with Crippen LogP contribution in [0.15, 0.2) is 55.9 Å². The molecule has 0 bridgehead atoms. The van der Waals surface area contributed by atoms with Crippen LogP contribution in [-0.2, 0) is 102 Å². The monoisotopic (exact) mass is 1320 g/mol. The average molecular weight is 1320 g/mol. The molecular weight excluding hydrogens is 1250 g/mol. The minimum absolute atomic E-state index is 0. The van der Waals surface area contributed by atoms with Crippen molar-refractivity contribution in [3.05, 3.63) is 68.6 Å². The topological polar surface area (TPSA) is 127 Å². The molecule has 0 aliphatic carbocycles. The summed E-state index contributed by atoms with van der Waals surface area (Å²) in [6.07, 6.45) is 29.6. The number of H-pyrrole nitrogens is 1. The van der Waals surface area contributed by atoms with Crippen molar-refractivity contribution in [2.24, 2.45) is 0 Å². The fourth-order valence-electron chi connectivity index (χ4n) is 4.58. The van der Waals surface area contributed by atoms with E-state index in [0.717, 1.165) is 19.8 Å². The second kappa shape index (κ2) is 41.0. The third-order valence-corrected chi connectivity index (χ3v) is 22.1. The summed E-state index contributed by atoms with van der Waals surface area (Å²) in [6.45, 7) is 20.3. The molecule has 0 aromatic carbocycles. The van der Waals surface area contributed by atoms with Crippen LogP contribution >= 0.6 is 0 Å². The van der Waals surface area contributed by atoms with Gasteiger partial charge in [-0.2, -0.15) is 0 Å². The van der Waals surface area contributed by atoms with Crippen LogP contribution in [0.4, 0.5) is 0 Å². The predicted octanol–water partition coefficient (Wildman–Crippen LogP) is 6.53. The summed E-state index contributed by atoms with van der Waals surface area (Å²) < 4.78 is 27.7. The summed E-state index contributed by atoms with van der Waals surface area (Å²) in [5, 5.41) is 0. The first-order chi connectivity index (χ1) is 23.1. The zero-order valence-corrected chi connectivity index (χ0v) is 42.5. The Morgan fingerprint density at radius 2 is 1.32 bits per heavy atom. The smallest absolute Gasteiger partial charge is 0.545 e. The molecule has 0 unspecified atom stereocenters. The summed E-state index contributed by atoms with van der Waals surface area (Å²) >= 11 is -2.40. The zero-order chi connectivity index (χ0) is 34.9. The quantitative estimate of drug-likeness (QED) is 0.0639. The van der Waals surface area contributed by atoms with Gasteiger partial charge in [-0.3, -0.25) is 6.79 Å². The third kappa shape index (κ3) is 26.9. The van der Waals surface area contributed by atoms with E-state index in [2.05, 4.69) is 77.8 Å². The van der Waals surface area contributed by atoms with E-state index >= 15 is 0 Å². The molecule has 0 saturated heterocycles. The van der Waals surface area contributed by atoms with Gasteiger partial charge in [0, 0.05) is 95.1 Å². The molecule has 16 heteroatoms. The summed E-state index contributed by atoms with van der Waals surface area (Å²) in [5.74, 6) is 0. The fraction of sp³-hybridized carbons (Fsp3) is 0.618. The van der Waals surface area contributed by atoms with Crippen molar-refractivity contribution in [1.29, 1.82) is 0 Å². The van der Waals surface area contributed by atoms with E-state index in [1.165, 1.54) is 55.7 Å². The van der Waals surface area contributed by atoms with Crippen molar-refractivity contribution >= 4 is 29.0 Å². The summed E-state index contributed by atoms with van der Waals surface area (Å²) in [5.41, 5.74) is 0. The van der Waals surface area contributed by atoms with Crippen molar-refractivity contribution in [3.63, 3.8) is 0 Å². The fourth-order valence-corrected chi connectivity index (χ4v) is 20.6. The number of nitrogens with zero attached hydrogens (tertiary/aromatic N) is 7. The van der Waals surface area contributed by atoms with Gasteiger partial charge in [-0.15, -0.1) is 24.8 Å². The Balaban J connectivity index is -0.000000202. The molecule has 1 N–H and O–H groups in total. The molecule has 0 radical (unpaired) electrons. The van der Waals surface area contributed by atoms with Crippen molar-refractivity contribution in [2.75, 3.05) is 19.8 Å². The van der Waals surface area contributed by atoms with Gasteiger partial charge in [0.05, 0.1) is 6.33 Å². The molecular formula is C34H60N8O4SnW3-2. The molecule has 0 saturated carbocycles. The normalized spacial score (nSPS) is 9.72.